The third kappa shape index (κ3) is 3.49. The Hall–Kier alpha value is -1.52. The standard InChI is InChI=1S/C12H7F3N2S2/c1-2-5-19-11-16-8(9-4-3-6-18-9)7-10(17-11)12(13,14)15/h1,3-4,6-7H,5H2. The minimum Gasteiger partial charge on any atom is -0.222 e. The summed E-state index contributed by atoms with van der Waals surface area (Å²) >= 11 is 2.33. The molecule has 0 saturated heterocycles. The van der Waals surface area contributed by atoms with E-state index >= 15 is 0 Å². The highest BCUT2D eigenvalue weighted by molar-refractivity contribution is 7.99. The predicted octanol–water partition coefficient (Wildman–Crippen LogP) is 3.95. The van der Waals surface area contributed by atoms with Crippen LogP contribution in [0.5, 0.6) is 0 Å². The average molecular weight is 300 g/mol. The van der Waals surface area contributed by atoms with E-state index in [1.165, 1.54) is 11.3 Å². The molecule has 0 aliphatic rings. The van der Waals surface area contributed by atoms with Gasteiger partial charge in [-0.2, -0.15) is 13.2 Å². The van der Waals surface area contributed by atoms with Crippen molar-refractivity contribution in [1.29, 1.82) is 0 Å². The molecule has 0 aliphatic carbocycles. The normalized spacial score (nSPS) is 11.3. The fourth-order valence-corrected chi connectivity index (χ4v) is 2.52. The second-order valence-corrected chi connectivity index (χ2v) is 5.28. The smallest absolute Gasteiger partial charge is 0.222 e. The number of hydrogen-bond donors (Lipinski definition) is 0. The van der Waals surface area contributed by atoms with E-state index in [2.05, 4.69) is 15.9 Å². The fraction of sp³-hybridized carbons (Fsp3) is 0.167. The molecular formula is C12H7F3N2S2. The largest absolute Gasteiger partial charge is 0.433 e. The van der Waals surface area contributed by atoms with Crippen LogP contribution in [0.15, 0.2) is 28.7 Å². The molecule has 2 heterocycles. The van der Waals surface area contributed by atoms with Crippen molar-refractivity contribution in [2.75, 3.05) is 5.75 Å². The number of terminal acetylenes is 1. The molecule has 2 nitrogen and oxygen atoms in total. The van der Waals surface area contributed by atoms with Gasteiger partial charge in [0.15, 0.2) is 5.16 Å². The van der Waals surface area contributed by atoms with Gasteiger partial charge in [0.2, 0.25) is 0 Å². The summed E-state index contributed by atoms with van der Waals surface area (Å²) in [6.07, 6.45) is 0.587. The Bertz CT molecular complexity index is 600. The maximum atomic E-state index is 12.8. The monoisotopic (exact) mass is 300 g/mol. The second kappa shape index (κ2) is 5.63. The van der Waals surface area contributed by atoms with E-state index in [4.69, 9.17) is 6.42 Å². The van der Waals surface area contributed by atoms with Gasteiger partial charge in [0.25, 0.3) is 0 Å². The first-order valence-corrected chi connectivity index (χ1v) is 6.93. The molecule has 0 spiro atoms. The zero-order valence-corrected chi connectivity index (χ0v) is 11.1. The van der Waals surface area contributed by atoms with Gasteiger partial charge in [0.05, 0.1) is 16.3 Å². The summed E-state index contributed by atoms with van der Waals surface area (Å²) in [4.78, 5) is 8.24. The number of halogens is 3. The van der Waals surface area contributed by atoms with Crippen molar-refractivity contribution in [3.63, 3.8) is 0 Å². The summed E-state index contributed by atoms with van der Waals surface area (Å²) in [7, 11) is 0. The number of aromatic nitrogens is 2. The molecular weight excluding hydrogens is 293 g/mol. The van der Waals surface area contributed by atoms with Crippen LogP contribution in [-0.2, 0) is 6.18 Å². The van der Waals surface area contributed by atoms with E-state index in [9.17, 15) is 13.2 Å². The zero-order chi connectivity index (χ0) is 13.9. The fourth-order valence-electron chi connectivity index (χ4n) is 1.29. The zero-order valence-electron chi connectivity index (χ0n) is 9.44. The highest BCUT2D eigenvalue weighted by Crippen LogP contribution is 2.33. The first-order chi connectivity index (χ1) is 9.00. The Morgan fingerprint density at radius 2 is 2.16 bits per heavy atom. The Morgan fingerprint density at radius 3 is 2.74 bits per heavy atom. The van der Waals surface area contributed by atoms with E-state index in [1.54, 1.807) is 17.5 Å². The van der Waals surface area contributed by atoms with Crippen LogP contribution in [0, 0.1) is 12.3 Å². The number of alkyl halides is 3. The van der Waals surface area contributed by atoms with E-state index < -0.39 is 11.9 Å². The molecule has 2 aromatic heterocycles. The van der Waals surface area contributed by atoms with Crippen LogP contribution >= 0.6 is 23.1 Å². The van der Waals surface area contributed by atoms with Crippen LogP contribution in [-0.4, -0.2) is 15.7 Å². The summed E-state index contributed by atoms with van der Waals surface area (Å²) in [6.45, 7) is 0. The van der Waals surface area contributed by atoms with Gasteiger partial charge in [-0.3, -0.25) is 0 Å². The molecule has 0 radical (unpaired) electrons. The molecule has 19 heavy (non-hydrogen) atoms. The Kier molecular flexibility index (Phi) is 4.12. The van der Waals surface area contributed by atoms with Crippen molar-refractivity contribution in [2.24, 2.45) is 0 Å². The summed E-state index contributed by atoms with van der Waals surface area (Å²) in [5.74, 6) is 2.56. The quantitative estimate of drug-likeness (QED) is 0.487. The SMILES string of the molecule is C#CCSc1nc(-c2cccs2)cc(C(F)(F)F)n1. The molecule has 7 heteroatoms. The lowest BCUT2D eigenvalue weighted by molar-refractivity contribution is -0.141. The topological polar surface area (TPSA) is 25.8 Å². The maximum absolute atomic E-state index is 12.8. The maximum Gasteiger partial charge on any atom is 0.433 e. The molecule has 0 fully saturated rings. The lowest BCUT2D eigenvalue weighted by Gasteiger charge is -2.08. The van der Waals surface area contributed by atoms with Crippen molar-refractivity contribution in [1.82, 2.24) is 9.97 Å². The molecule has 2 aromatic rings. The molecule has 0 aromatic carbocycles. The van der Waals surface area contributed by atoms with Gasteiger partial charge in [0, 0.05) is 0 Å². The van der Waals surface area contributed by atoms with E-state index in [0.717, 1.165) is 17.8 Å². The summed E-state index contributed by atoms with van der Waals surface area (Å²) in [6, 6.07) is 4.41. The van der Waals surface area contributed by atoms with E-state index in [1.807, 2.05) is 0 Å². The Morgan fingerprint density at radius 1 is 1.37 bits per heavy atom. The van der Waals surface area contributed by atoms with Crippen LogP contribution in [0.2, 0.25) is 0 Å². The number of thiophene rings is 1. The van der Waals surface area contributed by atoms with Crippen LogP contribution in [0.25, 0.3) is 10.6 Å². The summed E-state index contributed by atoms with van der Waals surface area (Å²) in [5.41, 5.74) is -0.692. The third-order valence-electron chi connectivity index (χ3n) is 2.05. The van der Waals surface area contributed by atoms with Gasteiger partial charge >= 0.3 is 6.18 Å². The highest BCUT2D eigenvalue weighted by atomic mass is 32.2. The van der Waals surface area contributed by atoms with Gasteiger partial charge < -0.3 is 0 Å². The van der Waals surface area contributed by atoms with Gasteiger partial charge in [-0.25, -0.2) is 9.97 Å². The highest BCUT2D eigenvalue weighted by Gasteiger charge is 2.33. The van der Waals surface area contributed by atoms with Crippen molar-refractivity contribution in [3.8, 4) is 22.9 Å². The van der Waals surface area contributed by atoms with Crippen LogP contribution in [0.1, 0.15) is 5.69 Å². The number of nitrogens with zero attached hydrogens (tertiary/aromatic N) is 2. The minimum atomic E-state index is -4.50. The van der Waals surface area contributed by atoms with E-state index in [0.29, 0.717) is 4.88 Å². The molecule has 0 bridgehead atoms. The second-order valence-electron chi connectivity index (χ2n) is 3.39. The first kappa shape index (κ1) is 13.9. The molecule has 0 amide bonds. The molecule has 2 rings (SSSR count). The van der Waals surface area contributed by atoms with Crippen molar-refractivity contribution < 1.29 is 13.2 Å². The molecule has 0 aliphatic heterocycles. The minimum absolute atomic E-state index is 0.0381. The average Bonchev–Trinajstić information content (AvgIpc) is 2.89. The number of thioether (sulfide) groups is 1. The molecule has 0 atom stereocenters. The number of hydrogen-bond acceptors (Lipinski definition) is 4. The number of rotatable bonds is 3. The lowest BCUT2D eigenvalue weighted by Crippen LogP contribution is -2.10. The Balaban J connectivity index is 2.46. The Labute approximate surface area is 116 Å². The van der Waals surface area contributed by atoms with Gasteiger partial charge in [-0.05, 0) is 17.5 Å². The van der Waals surface area contributed by atoms with Gasteiger partial charge in [-0.15, -0.1) is 17.8 Å². The van der Waals surface area contributed by atoms with Crippen LogP contribution in [0.4, 0.5) is 13.2 Å². The van der Waals surface area contributed by atoms with Crippen molar-refractivity contribution >= 4 is 23.1 Å². The van der Waals surface area contributed by atoms with Crippen molar-refractivity contribution in [2.45, 2.75) is 11.3 Å². The predicted molar refractivity (Wildman–Crippen MR) is 69.9 cm³/mol. The summed E-state index contributed by atoms with van der Waals surface area (Å²) in [5, 5.41) is 1.81. The molecule has 0 unspecified atom stereocenters. The van der Waals surface area contributed by atoms with E-state index in [-0.39, 0.29) is 16.6 Å². The van der Waals surface area contributed by atoms with Crippen molar-refractivity contribution in [3.05, 3.63) is 29.3 Å². The first-order valence-electron chi connectivity index (χ1n) is 5.07. The molecule has 0 N–H and O–H groups in total. The molecule has 0 saturated carbocycles. The molecule has 98 valence electrons. The van der Waals surface area contributed by atoms with Gasteiger partial charge in [-0.1, -0.05) is 23.7 Å². The van der Waals surface area contributed by atoms with Crippen LogP contribution in [0.3, 0.4) is 0 Å². The summed E-state index contributed by atoms with van der Waals surface area (Å²) < 4.78 is 38.3. The van der Waals surface area contributed by atoms with Crippen LogP contribution < -0.4 is 0 Å². The van der Waals surface area contributed by atoms with Gasteiger partial charge in [0.1, 0.15) is 5.69 Å². The third-order valence-corrected chi connectivity index (χ3v) is 3.70. The lowest BCUT2D eigenvalue weighted by atomic mass is 10.3.